The third-order valence-corrected chi connectivity index (χ3v) is 5.45. The first-order valence-electron chi connectivity index (χ1n) is 10.3. The van der Waals surface area contributed by atoms with Crippen molar-refractivity contribution in [3.05, 3.63) is 53.6 Å². The highest BCUT2D eigenvalue weighted by atomic mass is 16.8. The van der Waals surface area contributed by atoms with Gasteiger partial charge in [0.2, 0.25) is 0 Å². The number of hydrogen-bond donors (Lipinski definition) is 4. The van der Waals surface area contributed by atoms with Crippen molar-refractivity contribution < 1.29 is 34.4 Å². The molecule has 9 nitrogen and oxygen atoms in total. The summed E-state index contributed by atoms with van der Waals surface area (Å²) in [5.41, 5.74) is 2.70. The molecular weight excluding hydrogens is 416 g/mol. The smallest absolute Gasteiger partial charge is 0.453 e. The molecule has 0 radical (unpaired) electrons. The standard InChI is InChI=1S/C23H28N2O7/c1-4-16(24-13-18(26)15-6-8-17(9-7-15)25(2)3)11-14-5-10-19-20(12-14)32-23(31-19,21(27)28)22(29)30/h5-10,12,16,18,24,26H,4,11,13H2,1-3H3,(H,27,28)(H,29,30). The number of aliphatic carboxylic acids is 2. The first-order valence-corrected chi connectivity index (χ1v) is 10.3. The van der Waals surface area contributed by atoms with Crippen molar-refractivity contribution in [1.82, 2.24) is 5.32 Å². The molecule has 1 heterocycles. The van der Waals surface area contributed by atoms with Crippen molar-refractivity contribution in [2.45, 2.75) is 37.7 Å². The van der Waals surface area contributed by atoms with Crippen LogP contribution in [0.1, 0.15) is 30.6 Å². The van der Waals surface area contributed by atoms with E-state index in [1.165, 1.54) is 6.07 Å². The van der Waals surface area contributed by atoms with Gasteiger partial charge in [-0.1, -0.05) is 25.1 Å². The number of carbonyl (C=O) groups is 2. The van der Waals surface area contributed by atoms with Crippen LogP contribution in [0.15, 0.2) is 42.5 Å². The molecule has 4 N–H and O–H groups in total. The number of carboxylic acid groups (broad SMARTS) is 2. The number of rotatable bonds is 10. The number of ether oxygens (including phenoxy) is 2. The number of nitrogens with one attached hydrogen (secondary N) is 1. The van der Waals surface area contributed by atoms with Crippen molar-refractivity contribution >= 4 is 17.6 Å². The Balaban J connectivity index is 1.62. The minimum atomic E-state index is -2.77. The van der Waals surface area contributed by atoms with Gasteiger partial charge >= 0.3 is 17.7 Å². The van der Waals surface area contributed by atoms with E-state index >= 15 is 0 Å². The molecule has 0 spiro atoms. The van der Waals surface area contributed by atoms with Gasteiger partial charge in [-0.05, 0) is 48.2 Å². The van der Waals surface area contributed by atoms with E-state index in [1.54, 1.807) is 12.1 Å². The van der Waals surface area contributed by atoms with Crippen LogP contribution in [0.2, 0.25) is 0 Å². The van der Waals surface area contributed by atoms with E-state index in [2.05, 4.69) is 5.32 Å². The molecule has 2 unspecified atom stereocenters. The number of aliphatic hydroxyl groups is 1. The Hall–Kier alpha value is -3.30. The van der Waals surface area contributed by atoms with Gasteiger partial charge in [-0.3, -0.25) is 0 Å². The molecule has 0 aliphatic carbocycles. The van der Waals surface area contributed by atoms with E-state index in [-0.39, 0.29) is 17.5 Å². The summed E-state index contributed by atoms with van der Waals surface area (Å²) in [6, 6.07) is 12.6. The summed E-state index contributed by atoms with van der Waals surface area (Å²) in [4.78, 5) is 24.8. The summed E-state index contributed by atoms with van der Waals surface area (Å²) in [5, 5.41) is 32.4. The van der Waals surface area contributed by atoms with E-state index in [4.69, 9.17) is 9.47 Å². The summed E-state index contributed by atoms with van der Waals surface area (Å²) in [5.74, 6) is -6.10. The lowest BCUT2D eigenvalue weighted by molar-refractivity contribution is -0.194. The average molecular weight is 444 g/mol. The number of fused-ring (bicyclic) bond motifs is 1. The Kier molecular flexibility index (Phi) is 6.90. The molecule has 0 bridgehead atoms. The highest BCUT2D eigenvalue weighted by molar-refractivity contribution is 6.01. The zero-order chi connectivity index (χ0) is 23.5. The minimum absolute atomic E-state index is 0.0368. The van der Waals surface area contributed by atoms with Crippen LogP contribution in [-0.2, 0) is 16.0 Å². The Bertz CT molecular complexity index is 961. The van der Waals surface area contributed by atoms with Crippen LogP contribution in [0.25, 0.3) is 0 Å². The van der Waals surface area contributed by atoms with E-state index in [0.29, 0.717) is 13.0 Å². The third kappa shape index (κ3) is 4.79. The predicted molar refractivity (Wildman–Crippen MR) is 117 cm³/mol. The van der Waals surface area contributed by atoms with Crippen LogP contribution in [0.5, 0.6) is 11.5 Å². The largest absolute Gasteiger partial charge is 0.475 e. The molecule has 2 atom stereocenters. The maximum Gasteiger partial charge on any atom is 0.453 e. The fraction of sp³-hybridized carbons (Fsp3) is 0.391. The predicted octanol–water partition coefficient (Wildman–Crippen LogP) is 2.03. The van der Waals surface area contributed by atoms with E-state index in [0.717, 1.165) is 23.2 Å². The maximum absolute atomic E-state index is 11.4. The van der Waals surface area contributed by atoms with Crippen LogP contribution >= 0.6 is 0 Å². The SMILES string of the molecule is CCC(Cc1ccc2c(c1)OC(C(=O)O)(C(=O)O)O2)NCC(O)c1ccc(N(C)C)cc1. The van der Waals surface area contributed by atoms with Crippen LogP contribution in [0, 0.1) is 0 Å². The van der Waals surface area contributed by atoms with Crippen LogP contribution in [0.3, 0.4) is 0 Å². The zero-order valence-corrected chi connectivity index (χ0v) is 18.2. The Morgan fingerprint density at radius 2 is 1.66 bits per heavy atom. The molecule has 0 fully saturated rings. The van der Waals surface area contributed by atoms with Crippen LogP contribution in [0.4, 0.5) is 5.69 Å². The van der Waals surface area contributed by atoms with Gasteiger partial charge in [-0.15, -0.1) is 0 Å². The fourth-order valence-corrected chi connectivity index (χ4v) is 3.48. The molecule has 1 aliphatic heterocycles. The summed E-state index contributed by atoms with van der Waals surface area (Å²) in [7, 11) is 3.91. The highest BCUT2D eigenvalue weighted by Crippen LogP contribution is 2.40. The molecule has 172 valence electrons. The molecule has 2 aromatic carbocycles. The lowest BCUT2D eigenvalue weighted by atomic mass is 10.0. The first kappa shape index (κ1) is 23.4. The first-order chi connectivity index (χ1) is 15.2. The molecular formula is C23H28N2O7. The van der Waals surface area contributed by atoms with Gasteiger partial charge in [0.05, 0.1) is 6.10 Å². The summed E-state index contributed by atoms with van der Waals surface area (Å²) < 4.78 is 10.3. The molecule has 2 aromatic rings. The van der Waals surface area contributed by atoms with Gasteiger partial charge in [0.1, 0.15) is 0 Å². The number of aliphatic hydroxyl groups excluding tert-OH is 1. The number of hydrogen-bond acceptors (Lipinski definition) is 7. The number of nitrogens with zero attached hydrogens (tertiary/aromatic N) is 1. The lowest BCUT2D eigenvalue weighted by Crippen LogP contribution is -2.54. The Labute approximate surface area is 186 Å². The third-order valence-electron chi connectivity index (χ3n) is 5.45. The number of anilines is 1. The maximum atomic E-state index is 11.4. The second-order valence-electron chi connectivity index (χ2n) is 7.93. The second kappa shape index (κ2) is 9.46. The van der Waals surface area contributed by atoms with Crippen molar-refractivity contribution in [3.8, 4) is 11.5 Å². The van der Waals surface area contributed by atoms with Gasteiger partial charge in [0.15, 0.2) is 11.5 Å². The number of carboxylic acids is 2. The topological polar surface area (TPSA) is 129 Å². The molecule has 1 aliphatic rings. The van der Waals surface area contributed by atoms with Crippen LogP contribution in [-0.4, -0.2) is 59.7 Å². The second-order valence-corrected chi connectivity index (χ2v) is 7.93. The molecule has 32 heavy (non-hydrogen) atoms. The Morgan fingerprint density at radius 1 is 1.03 bits per heavy atom. The Morgan fingerprint density at radius 3 is 2.22 bits per heavy atom. The van der Waals surface area contributed by atoms with Gasteiger partial charge in [0.25, 0.3) is 0 Å². The fourth-order valence-electron chi connectivity index (χ4n) is 3.48. The van der Waals surface area contributed by atoms with Crippen LogP contribution < -0.4 is 19.7 Å². The summed E-state index contributed by atoms with van der Waals surface area (Å²) in [6.45, 7) is 2.38. The molecule has 0 aromatic heterocycles. The quantitative estimate of drug-likeness (QED) is 0.407. The monoisotopic (exact) mass is 444 g/mol. The van der Waals surface area contributed by atoms with E-state index in [9.17, 15) is 24.9 Å². The van der Waals surface area contributed by atoms with Gasteiger partial charge in [-0.2, -0.15) is 0 Å². The van der Waals surface area contributed by atoms with E-state index in [1.807, 2.05) is 50.2 Å². The average Bonchev–Trinajstić information content (AvgIpc) is 3.17. The highest BCUT2D eigenvalue weighted by Gasteiger charge is 2.57. The minimum Gasteiger partial charge on any atom is -0.475 e. The van der Waals surface area contributed by atoms with Crippen molar-refractivity contribution in [2.24, 2.45) is 0 Å². The molecule has 0 saturated carbocycles. The lowest BCUT2D eigenvalue weighted by Gasteiger charge is -2.20. The van der Waals surface area contributed by atoms with Gasteiger partial charge in [0, 0.05) is 32.4 Å². The summed E-state index contributed by atoms with van der Waals surface area (Å²) >= 11 is 0. The van der Waals surface area contributed by atoms with E-state index < -0.39 is 23.8 Å². The molecule has 9 heteroatoms. The van der Waals surface area contributed by atoms with Gasteiger partial charge in [-0.25, -0.2) is 9.59 Å². The zero-order valence-electron chi connectivity index (χ0n) is 18.2. The normalized spacial score (nSPS) is 15.8. The van der Waals surface area contributed by atoms with Crippen molar-refractivity contribution in [3.63, 3.8) is 0 Å². The molecule has 0 amide bonds. The van der Waals surface area contributed by atoms with Crippen molar-refractivity contribution in [2.75, 3.05) is 25.5 Å². The van der Waals surface area contributed by atoms with Crippen molar-refractivity contribution in [1.29, 1.82) is 0 Å². The summed E-state index contributed by atoms with van der Waals surface area (Å²) in [6.07, 6.45) is 0.699. The molecule has 3 rings (SSSR count). The molecule has 0 saturated heterocycles. The number of benzene rings is 2. The van der Waals surface area contributed by atoms with Gasteiger partial charge < -0.3 is 35.0 Å².